The van der Waals surface area contributed by atoms with Crippen molar-refractivity contribution in [3.05, 3.63) is 89.7 Å². The highest BCUT2D eigenvalue weighted by Gasteiger charge is 2.11. The third-order valence-corrected chi connectivity index (χ3v) is 5.53. The maximum atomic E-state index is 12.8. The van der Waals surface area contributed by atoms with Crippen LogP contribution in [0.3, 0.4) is 0 Å². The number of ether oxygens (including phenoxy) is 1. The van der Waals surface area contributed by atoms with Crippen molar-refractivity contribution < 1.29 is 13.7 Å². The molecule has 0 aliphatic rings. The van der Waals surface area contributed by atoms with Crippen molar-refractivity contribution in [2.75, 3.05) is 13.4 Å². The molecule has 3 rings (SSSR count). The predicted molar refractivity (Wildman–Crippen MR) is 109 cm³/mol. The number of hydrogen-bond acceptors (Lipinski definition) is 4. The van der Waals surface area contributed by atoms with Crippen molar-refractivity contribution in [3.8, 4) is 17.6 Å². The number of carbonyl (C=O) groups excluding carboxylic acids is 1. The number of nitrogens with zero attached hydrogens (tertiary/aromatic N) is 2. The van der Waals surface area contributed by atoms with Gasteiger partial charge in [-0.25, -0.2) is 4.21 Å². The molecule has 1 aromatic heterocycles. The lowest BCUT2D eigenvalue weighted by molar-refractivity contribution is 0.100. The van der Waals surface area contributed by atoms with Crippen molar-refractivity contribution in [1.82, 2.24) is 4.98 Å². The second-order valence-corrected chi connectivity index (χ2v) is 8.21. The van der Waals surface area contributed by atoms with Crippen LogP contribution in [-0.2, 0) is 9.73 Å². The van der Waals surface area contributed by atoms with Crippen molar-refractivity contribution in [1.29, 1.82) is 0 Å². The molecule has 5 nitrogen and oxygen atoms in total. The summed E-state index contributed by atoms with van der Waals surface area (Å²) in [6.45, 7) is 0. The zero-order valence-electron chi connectivity index (χ0n) is 15.5. The van der Waals surface area contributed by atoms with Crippen LogP contribution in [0, 0.1) is 11.8 Å². The fraction of sp³-hybridized carbons (Fsp3) is 0.0909. The van der Waals surface area contributed by atoms with E-state index in [0.29, 0.717) is 10.5 Å². The molecule has 1 unspecified atom stereocenters. The normalized spacial score (nSPS) is 12.2. The van der Waals surface area contributed by atoms with Crippen LogP contribution in [0.15, 0.2) is 82.3 Å². The Kier molecular flexibility index (Phi) is 5.87. The largest absolute Gasteiger partial charge is 0.497 e. The van der Waals surface area contributed by atoms with E-state index in [0.717, 1.165) is 11.3 Å². The summed E-state index contributed by atoms with van der Waals surface area (Å²) in [5.41, 5.74) is 1.62. The Morgan fingerprint density at radius 2 is 1.68 bits per heavy atom. The monoisotopic (exact) mass is 390 g/mol. The fourth-order valence-electron chi connectivity index (χ4n) is 2.38. The molecule has 0 saturated heterocycles. The molecular weight excluding hydrogens is 372 g/mol. The maximum absolute atomic E-state index is 12.8. The van der Waals surface area contributed by atoms with Gasteiger partial charge in [-0.15, -0.1) is 0 Å². The summed E-state index contributed by atoms with van der Waals surface area (Å²) in [4.78, 5) is 17.0. The summed E-state index contributed by atoms with van der Waals surface area (Å²) < 4.78 is 21.8. The first-order chi connectivity index (χ1) is 13.5. The summed E-state index contributed by atoms with van der Waals surface area (Å²) >= 11 is 0. The molecule has 1 amide bonds. The summed E-state index contributed by atoms with van der Waals surface area (Å²) in [6.07, 6.45) is 4.40. The van der Waals surface area contributed by atoms with Crippen LogP contribution in [0.5, 0.6) is 5.75 Å². The van der Waals surface area contributed by atoms with E-state index in [-0.39, 0.29) is 5.56 Å². The minimum absolute atomic E-state index is 0.243. The van der Waals surface area contributed by atoms with E-state index >= 15 is 0 Å². The number of hydrogen-bond donors (Lipinski definition) is 0. The SMILES string of the molecule is COc1ccc(C#Cc2cncc(C(=O)N=S(C)(=O)c3ccccc3)c2)cc1. The van der Waals surface area contributed by atoms with Crippen molar-refractivity contribution in [2.45, 2.75) is 4.90 Å². The number of methoxy groups -OCH3 is 1. The van der Waals surface area contributed by atoms with Crippen LogP contribution in [0.2, 0.25) is 0 Å². The molecule has 0 radical (unpaired) electrons. The van der Waals surface area contributed by atoms with Gasteiger partial charge in [0.05, 0.1) is 22.4 Å². The molecule has 2 aromatic carbocycles. The maximum Gasteiger partial charge on any atom is 0.286 e. The van der Waals surface area contributed by atoms with Crippen LogP contribution in [0.25, 0.3) is 0 Å². The van der Waals surface area contributed by atoms with Gasteiger partial charge in [-0.1, -0.05) is 30.0 Å². The zero-order chi connectivity index (χ0) is 20.0. The highest BCUT2D eigenvalue weighted by molar-refractivity contribution is 7.93. The summed E-state index contributed by atoms with van der Waals surface area (Å²) in [6, 6.07) is 17.6. The van der Waals surface area contributed by atoms with Crippen LogP contribution in [0.4, 0.5) is 0 Å². The van der Waals surface area contributed by atoms with E-state index in [1.54, 1.807) is 43.6 Å². The van der Waals surface area contributed by atoms with Gasteiger partial charge in [0, 0.05) is 34.7 Å². The molecule has 1 heterocycles. The number of amides is 1. The molecule has 0 bridgehead atoms. The van der Waals surface area contributed by atoms with Gasteiger partial charge >= 0.3 is 0 Å². The zero-order valence-corrected chi connectivity index (χ0v) is 16.3. The summed E-state index contributed by atoms with van der Waals surface area (Å²) in [5, 5.41) is 0. The molecule has 0 aliphatic carbocycles. The number of carbonyl (C=O) groups is 1. The van der Waals surface area contributed by atoms with Gasteiger partial charge in [-0.2, -0.15) is 4.36 Å². The molecule has 0 N–H and O–H groups in total. The number of pyridine rings is 1. The second-order valence-electron chi connectivity index (χ2n) is 5.95. The van der Waals surface area contributed by atoms with Crippen molar-refractivity contribution in [2.24, 2.45) is 4.36 Å². The van der Waals surface area contributed by atoms with Gasteiger partial charge in [0.25, 0.3) is 5.91 Å². The number of aromatic nitrogens is 1. The quantitative estimate of drug-likeness (QED) is 0.638. The Bertz CT molecular complexity index is 1170. The third kappa shape index (κ3) is 4.84. The molecule has 1 atom stereocenters. The first kappa shape index (κ1) is 19.3. The molecule has 3 aromatic rings. The van der Waals surface area contributed by atoms with Gasteiger partial charge in [-0.05, 0) is 42.5 Å². The fourth-order valence-corrected chi connectivity index (χ4v) is 3.57. The average molecular weight is 390 g/mol. The predicted octanol–water partition coefficient (Wildman–Crippen LogP) is 3.79. The number of rotatable bonds is 3. The standard InChI is InChI=1S/C22H18N2O3S/c1-27-20-12-10-17(11-13-20)8-9-18-14-19(16-23-15-18)22(25)24-28(2,26)21-6-4-3-5-7-21/h3-7,10-16H,1-2H3. The molecular formula is C22H18N2O3S. The summed E-state index contributed by atoms with van der Waals surface area (Å²) in [7, 11) is -1.23. The van der Waals surface area contributed by atoms with Gasteiger partial charge < -0.3 is 4.74 Å². The first-order valence-corrected chi connectivity index (χ1v) is 10.3. The lowest BCUT2D eigenvalue weighted by atomic mass is 10.1. The van der Waals surface area contributed by atoms with Gasteiger partial charge in [-0.3, -0.25) is 9.78 Å². The third-order valence-electron chi connectivity index (χ3n) is 3.86. The van der Waals surface area contributed by atoms with E-state index in [1.807, 2.05) is 30.3 Å². The Morgan fingerprint density at radius 1 is 1.00 bits per heavy atom. The highest BCUT2D eigenvalue weighted by Crippen LogP contribution is 2.14. The van der Waals surface area contributed by atoms with Crippen LogP contribution >= 0.6 is 0 Å². The Hall–Kier alpha value is -3.43. The Balaban J connectivity index is 1.85. The van der Waals surface area contributed by atoms with Crippen molar-refractivity contribution >= 4 is 15.6 Å². The average Bonchev–Trinajstić information content (AvgIpc) is 2.73. The second kappa shape index (κ2) is 8.51. The minimum atomic E-state index is -2.83. The van der Waals surface area contributed by atoms with E-state index in [9.17, 15) is 9.00 Å². The lowest BCUT2D eigenvalue weighted by Crippen LogP contribution is -2.04. The van der Waals surface area contributed by atoms with E-state index < -0.39 is 15.6 Å². The lowest BCUT2D eigenvalue weighted by Gasteiger charge is -2.03. The molecule has 0 fully saturated rings. The van der Waals surface area contributed by atoms with Gasteiger partial charge in [0.15, 0.2) is 0 Å². The minimum Gasteiger partial charge on any atom is -0.497 e. The molecule has 140 valence electrons. The Morgan fingerprint density at radius 3 is 2.36 bits per heavy atom. The first-order valence-electron chi connectivity index (χ1n) is 8.40. The van der Waals surface area contributed by atoms with Crippen LogP contribution in [-0.4, -0.2) is 28.5 Å². The molecule has 0 spiro atoms. The highest BCUT2D eigenvalue weighted by atomic mass is 32.2. The van der Waals surface area contributed by atoms with E-state index in [4.69, 9.17) is 4.74 Å². The van der Waals surface area contributed by atoms with Crippen molar-refractivity contribution in [3.63, 3.8) is 0 Å². The van der Waals surface area contributed by atoms with E-state index in [2.05, 4.69) is 21.2 Å². The topological polar surface area (TPSA) is 68.6 Å². The molecule has 0 saturated carbocycles. The smallest absolute Gasteiger partial charge is 0.286 e. The Labute approximate surface area is 164 Å². The van der Waals surface area contributed by atoms with Crippen LogP contribution in [0.1, 0.15) is 21.5 Å². The van der Waals surface area contributed by atoms with Crippen LogP contribution < -0.4 is 4.74 Å². The molecule has 6 heteroatoms. The van der Waals surface area contributed by atoms with Gasteiger partial charge in [0.1, 0.15) is 5.75 Å². The number of benzene rings is 2. The molecule has 0 aliphatic heterocycles. The molecule has 28 heavy (non-hydrogen) atoms. The van der Waals surface area contributed by atoms with E-state index in [1.165, 1.54) is 12.5 Å². The van der Waals surface area contributed by atoms with Gasteiger partial charge in [0.2, 0.25) is 0 Å². The summed E-state index contributed by atoms with van der Waals surface area (Å²) in [5.74, 6) is 6.14.